The van der Waals surface area contributed by atoms with Gasteiger partial charge in [0.2, 0.25) is 0 Å². The average molecular weight is 594 g/mol. The molecule has 2 aromatic carbocycles. The second-order valence-electron chi connectivity index (χ2n) is 12.5. The number of amides is 1. The molecule has 41 heavy (non-hydrogen) atoms. The summed E-state index contributed by atoms with van der Waals surface area (Å²) in [6.07, 6.45) is 0.508. The molecule has 218 valence electrons. The Balaban J connectivity index is 1.43. The van der Waals surface area contributed by atoms with E-state index in [2.05, 4.69) is 38.8 Å². The fraction of sp³-hybridized carbons (Fsp3) is 0.419. The Labute approximate surface area is 246 Å². The maximum absolute atomic E-state index is 13.9. The minimum Gasteiger partial charge on any atom is -0.543 e. The van der Waals surface area contributed by atoms with E-state index < -0.39 is 14.3 Å². The number of ether oxygens (including phenoxy) is 1. The second kappa shape index (κ2) is 10.8. The van der Waals surface area contributed by atoms with Crippen LogP contribution in [0.4, 0.5) is 5.00 Å². The third kappa shape index (κ3) is 5.60. The van der Waals surface area contributed by atoms with Gasteiger partial charge in [0.1, 0.15) is 16.5 Å². The van der Waals surface area contributed by atoms with Crippen LogP contribution in [0.1, 0.15) is 63.1 Å². The highest BCUT2D eigenvalue weighted by Crippen LogP contribution is 2.41. The highest BCUT2D eigenvalue weighted by molar-refractivity contribution is 7.16. The van der Waals surface area contributed by atoms with Crippen molar-refractivity contribution in [3.05, 3.63) is 75.2 Å². The number of thiophene rings is 1. The molecule has 0 fully saturated rings. The van der Waals surface area contributed by atoms with Crippen LogP contribution in [-0.4, -0.2) is 54.8 Å². The van der Waals surface area contributed by atoms with Crippen LogP contribution in [0.25, 0.3) is 0 Å². The van der Waals surface area contributed by atoms with E-state index in [1.165, 1.54) is 11.3 Å². The molecule has 3 N–H and O–H groups in total. The zero-order valence-electron chi connectivity index (χ0n) is 24.6. The maximum atomic E-state index is 13.9. The van der Waals surface area contributed by atoms with Gasteiger partial charge in [-0.1, -0.05) is 45.0 Å². The summed E-state index contributed by atoms with van der Waals surface area (Å²) in [6, 6.07) is 13.8. The quantitative estimate of drug-likeness (QED) is 0.309. The van der Waals surface area contributed by atoms with Gasteiger partial charge in [0.05, 0.1) is 18.2 Å². The predicted molar refractivity (Wildman–Crippen MR) is 164 cm³/mol. The summed E-state index contributed by atoms with van der Waals surface area (Å²) in [5.41, 5.74) is 9.91. The second-order valence-corrected chi connectivity index (χ2v) is 18.4. The average Bonchev–Trinajstić information content (AvgIpc) is 3.39. The van der Waals surface area contributed by atoms with Crippen molar-refractivity contribution in [1.29, 1.82) is 0 Å². The molecule has 0 bridgehead atoms. The van der Waals surface area contributed by atoms with Gasteiger partial charge < -0.3 is 24.9 Å². The van der Waals surface area contributed by atoms with E-state index >= 15 is 0 Å². The molecule has 3 aromatic rings. The molecule has 0 saturated carbocycles. The number of benzene rings is 2. The van der Waals surface area contributed by atoms with Crippen molar-refractivity contribution in [3.63, 3.8) is 0 Å². The minimum atomic E-state index is -2.15. The molecule has 2 aliphatic heterocycles. The molecule has 1 amide bonds. The molecule has 0 radical (unpaired) electrons. The lowest BCUT2D eigenvalue weighted by Gasteiger charge is -2.38. The van der Waals surface area contributed by atoms with Gasteiger partial charge >= 0.3 is 5.97 Å². The number of fused-ring (bicyclic) bond motifs is 2. The van der Waals surface area contributed by atoms with Crippen molar-refractivity contribution in [2.75, 3.05) is 19.4 Å². The van der Waals surface area contributed by atoms with Crippen LogP contribution in [0.2, 0.25) is 18.1 Å². The fourth-order valence-corrected chi connectivity index (χ4v) is 7.56. The molecule has 1 aromatic heterocycles. The third-order valence-corrected chi connectivity index (χ3v) is 14.1. The molecule has 10 heteroatoms. The number of anilines is 1. The number of aromatic carboxylic acids is 1. The Morgan fingerprint density at radius 1 is 1.15 bits per heavy atom. The van der Waals surface area contributed by atoms with Crippen LogP contribution in [-0.2, 0) is 26.1 Å². The van der Waals surface area contributed by atoms with Gasteiger partial charge in [-0.25, -0.2) is 4.79 Å². The normalized spacial score (nSPS) is 17.4. The van der Waals surface area contributed by atoms with E-state index in [-0.39, 0.29) is 22.6 Å². The zero-order chi connectivity index (χ0) is 29.7. The number of nitrogen functional groups attached to an aromatic ring is 1. The highest BCUT2D eigenvalue weighted by Gasteiger charge is 2.42. The Hall–Kier alpha value is -3.34. The van der Waals surface area contributed by atoms with E-state index in [4.69, 9.17) is 14.9 Å². The molecule has 1 unspecified atom stereocenters. The van der Waals surface area contributed by atoms with Crippen LogP contribution in [0.5, 0.6) is 11.5 Å². The van der Waals surface area contributed by atoms with Gasteiger partial charge in [-0.15, -0.1) is 11.3 Å². The third-order valence-electron chi connectivity index (χ3n) is 8.76. The number of carbonyl (C=O) groups is 2. The van der Waals surface area contributed by atoms with Crippen LogP contribution < -0.4 is 14.9 Å². The number of carboxylic acids is 1. The molecular weight excluding hydrogens is 555 g/mol. The molecule has 5 rings (SSSR count). The molecule has 0 aliphatic carbocycles. The number of methoxy groups -OCH3 is 1. The van der Waals surface area contributed by atoms with Gasteiger partial charge in [-0.3, -0.25) is 9.69 Å². The van der Waals surface area contributed by atoms with Crippen LogP contribution in [0.3, 0.4) is 0 Å². The minimum absolute atomic E-state index is 0.00303. The van der Waals surface area contributed by atoms with E-state index in [1.807, 2.05) is 47.4 Å². The Morgan fingerprint density at radius 3 is 2.49 bits per heavy atom. The molecule has 8 nitrogen and oxygen atoms in total. The molecular formula is C31H39N3O5SSi. The van der Waals surface area contributed by atoms with E-state index in [0.717, 1.165) is 27.3 Å². The summed E-state index contributed by atoms with van der Waals surface area (Å²) in [6.45, 7) is 13.1. The van der Waals surface area contributed by atoms with Crippen LogP contribution >= 0.6 is 11.3 Å². The van der Waals surface area contributed by atoms with E-state index in [1.54, 1.807) is 7.11 Å². The van der Waals surface area contributed by atoms with Crippen molar-refractivity contribution in [2.24, 2.45) is 0 Å². The summed E-state index contributed by atoms with van der Waals surface area (Å²) >= 11 is 1.35. The van der Waals surface area contributed by atoms with Crippen molar-refractivity contribution in [3.8, 4) is 11.5 Å². The summed E-state index contributed by atoms with van der Waals surface area (Å²) in [4.78, 5) is 31.2. The lowest BCUT2D eigenvalue weighted by molar-refractivity contribution is 0.0652. The number of carbonyl (C=O) groups excluding carboxylic acids is 1. The summed E-state index contributed by atoms with van der Waals surface area (Å²) in [5.74, 6) is 0.424. The molecule has 2 aliphatic rings. The summed E-state index contributed by atoms with van der Waals surface area (Å²) < 4.78 is 11.9. The number of nitrogens with zero attached hydrogens (tertiary/aromatic N) is 2. The zero-order valence-corrected chi connectivity index (χ0v) is 26.4. The van der Waals surface area contributed by atoms with Gasteiger partial charge in [0.25, 0.3) is 14.2 Å². The van der Waals surface area contributed by atoms with Crippen molar-refractivity contribution in [1.82, 2.24) is 9.80 Å². The predicted octanol–water partition coefficient (Wildman–Crippen LogP) is 6.00. The molecule has 0 spiro atoms. The topological polar surface area (TPSA) is 105 Å². The van der Waals surface area contributed by atoms with Crippen molar-refractivity contribution in [2.45, 2.75) is 71.0 Å². The number of hydrogen-bond acceptors (Lipinski definition) is 7. The molecule has 3 heterocycles. The Bertz CT molecular complexity index is 1480. The number of hydrogen-bond donors (Lipinski definition) is 2. The fourth-order valence-electron chi connectivity index (χ4n) is 5.42. The molecule has 0 saturated heterocycles. The lowest BCUT2D eigenvalue weighted by Crippen LogP contribution is -2.47. The Kier molecular flexibility index (Phi) is 7.69. The number of rotatable bonds is 8. The van der Waals surface area contributed by atoms with Gasteiger partial charge in [0.15, 0.2) is 0 Å². The van der Waals surface area contributed by atoms with Crippen molar-refractivity contribution < 1.29 is 23.9 Å². The van der Waals surface area contributed by atoms with Gasteiger partial charge in [-0.05, 0) is 59.4 Å². The van der Waals surface area contributed by atoms with Gasteiger partial charge in [0, 0.05) is 37.1 Å². The SMILES string of the molecule is COc1ccc(CN2Cc3sc(N)c(C(=O)O)c3CC2CN2Cc3cccc(O[Si](C)(C)C(C)(C)C)c3C2=O)cc1. The van der Waals surface area contributed by atoms with E-state index in [9.17, 15) is 14.7 Å². The first-order valence-corrected chi connectivity index (χ1v) is 17.6. The van der Waals surface area contributed by atoms with Crippen LogP contribution in [0.15, 0.2) is 42.5 Å². The smallest absolute Gasteiger partial charge is 0.338 e. The lowest BCUT2D eigenvalue weighted by atomic mass is 9.95. The first-order chi connectivity index (χ1) is 19.3. The van der Waals surface area contributed by atoms with Crippen LogP contribution in [0, 0.1) is 0 Å². The standard InChI is InChI=1S/C31H39N3O5SSi/c1-31(2,3)41(5,6)39-24-9-7-8-20-16-34(29(35)26(20)24)17-21-14-23-25(40-28(32)27(23)30(36)37)18-33(21)15-19-10-12-22(38-4)13-11-19/h7-13,21H,14-18,32H2,1-6H3,(H,36,37). The molecule has 1 atom stereocenters. The maximum Gasteiger partial charge on any atom is 0.338 e. The first-order valence-electron chi connectivity index (χ1n) is 13.9. The number of carboxylic acid groups (broad SMARTS) is 1. The Morgan fingerprint density at radius 2 is 1.85 bits per heavy atom. The number of nitrogens with two attached hydrogens (primary N) is 1. The van der Waals surface area contributed by atoms with E-state index in [0.29, 0.717) is 48.9 Å². The summed E-state index contributed by atoms with van der Waals surface area (Å²) in [5, 5.41) is 10.2. The summed E-state index contributed by atoms with van der Waals surface area (Å²) in [7, 11) is -0.507. The largest absolute Gasteiger partial charge is 0.543 e. The highest BCUT2D eigenvalue weighted by atomic mass is 32.1. The van der Waals surface area contributed by atoms with Gasteiger partial charge in [-0.2, -0.15) is 0 Å². The van der Waals surface area contributed by atoms with Crippen molar-refractivity contribution >= 4 is 36.5 Å². The monoisotopic (exact) mass is 593 g/mol. The first kappa shape index (κ1) is 29.2.